The van der Waals surface area contributed by atoms with Crippen LogP contribution in [0.1, 0.15) is 75.3 Å². The van der Waals surface area contributed by atoms with Gasteiger partial charge in [0.2, 0.25) is 11.8 Å². The Morgan fingerprint density at radius 2 is 1.67 bits per heavy atom. The van der Waals surface area contributed by atoms with Gasteiger partial charge in [0, 0.05) is 24.0 Å². The Kier molecular flexibility index (Phi) is 9.94. The van der Waals surface area contributed by atoms with Gasteiger partial charge in [0.1, 0.15) is 11.7 Å². The molecular formula is C38H47N5O5. The number of hydrogen-bond donors (Lipinski definition) is 3. The Morgan fingerprint density at radius 3 is 2.42 bits per heavy atom. The number of aromatic nitrogens is 1. The number of para-hydroxylation sites is 1. The van der Waals surface area contributed by atoms with Crippen LogP contribution in [0.3, 0.4) is 0 Å². The number of nitrogens with zero attached hydrogens (tertiary/aromatic N) is 3. The number of carbonyl (C=O) groups is 4. The van der Waals surface area contributed by atoms with E-state index < -0.39 is 47.5 Å². The van der Waals surface area contributed by atoms with Crippen LogP contribution in [-0.2, 0) is 20.8 Å². The molecule has 3 fully saturated rings. The second kappa shape index (κ2) is 14.1. The first kappa shape index (κ1) is 33.7. The van der Waals surface area contributed by atoms with Crippen LogP contribution in [0.25, 0.3) is 10.9 Å². The van der Waals surface area contributed by atoms with E-state index in [0.29, 0.717) is 23.9 Å². The molecule has 3 aliphatic rings. The average Bonchev–Trinajstić information content (AvgIpc) is 3.33. The molecule has 4 amide bonds. The highest BCUT2D eigenvalue weighted by Crippen LogP contribution is 2.39. The molecule has 10 heteroatoms. The number of imide groups is 1. The SMILES string of the molecule is CC(C)(C)NC(=O)[C@@H]1C[C@@H]2CCCC[C@@H]2CN1C[C@@H](O)[C@H](Cc1ccccc1)N1C(=O)C[C@H](NC(=O)c2ccc3ccccc3n2)C1=O. The lowest BCUT2D eigenvalue weighted by Gasteiger charge is -2.47. The highest BCUT2D eigenvalue weighted by atomic mass is 16.3. The topological polar surface area (TPSA) is 132 Å². The zero-order valence-electron chi connectivity index (χ0n) is 28.1. The van der Waals surface area contributed by atoms with Crippen LogP contribution in [0, 0.1) is 11.8 Å². The van der Waals surface area contributed by atoms with Gasteiger partial charge in [-0.3, -0.25) is 29.0 Å². The van der Waals surface area contributed by atoms with Crippen LogP contribution >= 0.6 is 0 Å². The molecule has 2 saturated heterocycles. The van der Waals surface area contributed by atoms with Gasteiger partial charge in [-0.15, -0.1) is 0 Å². The van der Waals surface area contributed by atoms with E-state index in [-0.39, 0.29) is 31.0 Å². The standard InChI is InChI=1S/C38H47N5O5/c1-38(2,3)41-36(47)32-20-26-14-7-8-15-27(26)22-42(32)23-33(44)31(19-24-11-5-4-6-12-24)43-34(45)21-30(37(43)48)40-35(46)29-18-17-25-13-9-10-16-28(25)39-29/h4-6,9-13,16-18,26-27,30-33,44H,7-8,14-15,19-23H2,1-3H3,(H,40,46)(H,41,47)/t26-,27+,30-,31-,32-,33+/m0/s1. The van der Waals surface area contributed by atoms with Crippen LogP contribution < -0.4 is 10.6 Å². The normalized spacial score (nSPS) is 24.6. The molecule has 2 aliphatic heterocycles. The quantitative estimate of drug-likeness (QED) is 0.299. The van der Waals surface area contributed by atoms with Crippen molar-refractivity contribution in [2.24, 2.45) is 11.8 Å². The number of hydrogen-bond acceptors (Lipinski definition) is 7. The molecular weight excluding hydrogens is 606 g/mol. The summed E-state index contributed by atoms with van der Waals surface area (Å²) in [6.45, 7) is 6.70. The fraction of sp³-hybridized carbons (Fsp3) is 0.500. The Labute approximate surface area is 282 Å². The largest absolute Gasteiger partial charge is 0.390 e. The van der Waals surface area contributed by atoms with Crippen molar-refractivity contribution in [2.75, 3.05) is 13.1 Å². The number of β-amino-alcohol motifs (C(OH)–C–C–N with tert-alkyl or cyclic N) is 1. The van der Waals surface area contributed by atoms with E-state index in [1.54, 1.807) is 12.1 Å². The summed E-state index contributed by atoms with van der Waals surface area (Å²) in [5.74, 6) is -0.706. The second-order valence-electron chi connectivity index (χ2n) is 14.8. The number of aliphatic hydroxyl groups excluding tert-OH is 1. The molecule has 0 unspecified atom stereocenters. The van der Waals surface area contributed by atoms with Gasteiger partial charge in [0.15, 0.2) is 0 Å². The highest BCUT2D eigenvalue weighted by Gasteiger charge is 2.47. The van der Waals surface area contributed by atoms with Gasteiger partial charge in [-0.1, -0.05) is 73.9 Å². The molecule has 1 saturated carbocycles. The van der Waals surface area contributed by atoms with E-state index in [4.69, 9.17) is 0 Å². The van der Waals surface area contributed by atoms with Crippen molar-refractivity contribution in [1.29, 1.82) is 0 Å². The lowest BCUT2D eigenvalue weighted by molar-refractivity contribution is -0.146. The number of piperidine rings is 1. The second-order valence-corrected chi connectivity index (χ2v) is 14.8. The maximum atomic E-state index is 13.9. The number of amides is 4. The first-order valence-electron chi connectivity index (χ1n) is 17.3. The minimum Gasteiger partial charge on any atom is -0.390 e. The van der Waals surface area contributed by atoms with Crippen molar-refractivity contribution < 1.29 is 24.3 Å². The van der Waals surface area contributed by atoms with Gasteiger partial charge in [-0.25, -0.2) is 4.98 Å². The smallest absolute Gasteiger partial charge is 0.270 e. The van der Waals surface area contributed by atoms with E-state index in [1.165, 1.54) is 6.42 Å². The third-order valence-corrected chi connectivity index (χ3v) is 10.1. The summed E-state index contributed by atoms with van der Waals surface area (Å²) in [5.41, 5.74) is 1.26. The molecule has 3 aromatic rings. The van der Waals surface area contributed by atoms with Crippen molar-refractivity contribution in [3.05, 3.63) is 78.0 Å². The number of carbonyl (C=O) groups excluding carboxylic acids is 4. The number of pyridine rings is 1. The Bertz CT molecular complexity index is 1660. The lowest BCUT2D eigenvalue weighted by atomic mass is 9.72. The number of aliphatic hydroxyl groups is 1. The van der Waals surface area contributed by atoms with Gasteiger partial charge in [-0.2, -0.15) is 0 Å². The molecule has 1 aromatic heterocycles. The van der Waals surface area contributed by atoms with Gasteiger partial charge in [0.25, 0.3) is 11.8 Å². The predicted molar refractivity (Wildman–Crippen MR) is 183 cm³/mol. The van der Waals surface area contributed by atoms with Gasteiger partial charge < -0.3 is 15.7 Å². The number of rotatable bonds is 9. The first-order valence-corrected chi connectivity index (χ1v) is 17.3. The maximum Gasteiger partial charge on any atom is 0.270 e. The van der Waals surface area contributed by atoms with Crippen molar-refractivity contribution in [2.45, 2.75) is 95.5 Å². The maximum absolute atomic E-state index is 13.9. The zero-order chi connectivity index (χ0) is 34.0. The Hall–Kier alpha value is -4.15. The predicted octanol–water partition coefficient (Wildman–Crippen LogP) is 3.86. The number of likely N-dealkylation sites (tertiary alicyclic amines) is 2. The summed E-state index contributed by atoms with van der Waals surface area (Å²) >= 11 is 0. The summed E-state index contributed by atoms with van der Waals surface area (Å²) in [4.78, 5) is 62.0. The molecule has 254 valence electrons. The summed E-state index contributed by atoms with van der Waals surface area (Å²) < 4.78 is 0. The van der Waals surface area contributed by atoms with Crippen molar-refractivity contribution >= 4 is 34.5 Å². The van der Waals surface area contributed by atoms with E-state index in [0.717, 1.165) is 41.5 Å². The number of fused-ring (bicyclic) bond motifs is 2. The molecule has 2 aromatic carbocycles. The van der Waals surface area contributed by atoms with E-state index >= 15 is 0 Å². The fourth-order valence-corrected chi connectivity index (χ4v) is 7.78. The fourth-order valence-electron chi connectivity index (χ4n) is 7.78. The zero-order valence-corrected chi connectivity index (χ0v) is 28.1. The molecule has 0 radical (unpaired) electrons. The van der Waals surface area contributed by atoms with Crippen LogP contribution in [0.5, 0.6) is 0 Å². The minimum absolute atomic E-state index is 0.0586. The van der Waals surface area contributed by atoms with Crippen LogP contribution in [0.15, 0.2) is 66.7 Å². The minimum atomic E-state index is -1.13. The van der Waals surface area contributed by atoms with E-state index in [2.05, 4.69) is 20.5 Å². The summed E-state index contributed by atoms with van der Waals surface area (Å²) in [6, 6.07) is 17.9. The number of nitrogens with one attached hydrogen (secondary N) is 2. The lowest BCUT2D eigenvalue weighted by Crippen LogP contribution is -2.61. The molecule has 10 nitrogen and oxygen atoms in total. The monoisotopic (exact) mass is 653 g/mol. The van der Waals surface area contributed by atoms with Crippen LogP contribution in [0.2, 0.25) is 0 Å². The Balaban J connectivity index is 1.23. The van der Waals surface area contributed by atoms with Crippen molar-refractivity contribution in [3.63, 3.8) is 0 Å². The summed E-state index contributed by atoms with van der Waals surface area (Å²) in [6.07, 6.45) is 4.16. The summed E-state index contributed by atoms with van der Waals surface area (Å²) in [5, 5.41) is 18.7. The molecule has 6 atom stereocenters. The third kappa shape index (κ3) is 7.60. The molecule has 48 heavy (non-hydrogen) atoms. The highest BCUT2D eigenvalue weighted by molar-refractivity contribution is 6.08. The first-order chi connectivity index (χ1) is 23.0. The molecule has 3 heterocycles. The van der Waals surface area contributed by atoms with Crippen molar-refractivity contribution in [3.8, 4) is 0 Å². The van der Waals surface area contributed by atoms with Crippen molar-refractivity contribution in [1.82, 2.24) is 25.4 Å². The van der Waals surface area contributed by atoms with Gasteiger partial charge in [0.05, 0.1) is 30.1 Å². The average molecular weight is 654 g/mol. The van der Waals surface area contributed by atoms with Crippen LogP contribution in [-0.4, -0.2) is 86.4 Å². The molecule has 3 N–H and O–H groups in total. The van der Waals surface area contributed by atoms with Gasteiger partial charge >= 0.3 is 0 Å². The molecule has 6 rings (SSSR count). The molecule has 0 bridgehead atoms. The third-order valence-electron chi connectivity index (χ3n) is 10.1. The number of benzene rings is 2. The molecule has 1 aliphatic carbocycles. The van der Waals surface area contributed by atoms with Crippen LogP contribution in [0.4, 0.5) is 0 Å². The Morgan fingerprint density at radius 1 is 0.958 bits per heavy atom. The summed E-state index contributed by atoms with van der Waals surface area (Å²) in [7, 11) is 0. The van der Waals surface area contributed by atoms with E-state index in [1.807, 2.05) is 75.4 Å². The molecule has 0 spiro atoms. The van der Waals surface area contributed by atoms with E-state index in [9.17, 15) is 24.3 Å². The van der Waals surface area contributed by atoms with Gasteiger partial charge in [-0.05, 0) is 69.6 Å².